The van der Waals surface area contributed by atoms with Crippen molar-refractivity contribution in [2.24, 2.45) is 0 Å². The molecule has 1 saturated heterocycles. The third-order valence-corrected chi connectivity index (χ3v) is 3.47. The number of aliphatic hydroxyl groups excluding tert-OH is 1. The summed E-state index contributed by atoms with van der Waals surface area (Å²) in [6.07, 6.45) is 0.540. The van der Waals surface area contributed by atoms with Crippen molar-refractivity contribution in [3.8, 4) is 11.8 Å². The number of ether oxygens (including phenoxy) is 1. The summed E-state index contributed by atoms with van der Waals surface area (Å²) in [5, 5.41) is 8.69. The first kappa shape index (κ1) is 15.6. The summed E-state index contributed by atoms with van der Waals surface area (Å²) in [6, 6.07) is 7.38. The van der Waals surface area contributed by atoms with Gasteiger partial charge in [-0.15, -0.1) is 0 Å². The quantitative estimate of drug-likeness (QED) is 0.842. The predicted molar refractivity (Wildman–Crippen MR) is 80.9 cm³/mol. The van der Waals surface area contributed by atoms with E-state index in [0.29, 0.717) is 25.1 Å². The minimum atomic E-state index is 0.0347. The summed E-state index contributed by atoms with van der Waals surface area (Å²) in [7, 11) is 0. The lowest BCUT2D eigenvalue weighted by Crippen LogP contribution is -2.50. The zero-order valence-corrected chi connectivity index (χ0v) is 12.5. The lowest BCUT2D eigenvalue weighted by atomic mass is 10.1. The molecule has 0 bridgehead atoms. The van der Waals surface area contributed by atoms with Gasteiger partial charge >= 0.3 is 0 Å². The first-order chi connectivity index (χ1) is 10.1. The molecule has 0 saturated carbocycles. The van der Waals surface area contributed by atoms with E-state index in [1.54, 1.807) is 12.1 Å². The van der Waals surface area contributed by atoms with Crippen LogP contribution in [0.25, 0.3) is 0 Å². The first-order valence-electron chi connectivity index (χ1n) is 7.24. The smallest absolute Gasteiger partial charge is 0.254 e. The molecule has 4 nitrogen and oxygen atoms in total. The maximum Gasteiger partial charge on any atom is 0.254 e. The van der Waals surface area contributed by atoms with E-state index in [0.717, 1.165) is 5.56 Å². The van der Waals surface area contributed by atoms with Gasteiger partial charge in [-0.3, -0.25) is 4.79 Å². The highest BCUT2D eigenvalue weighted by atomic mass is 16.5. The van der Waals surface area contributed by atoms with Gasteiger partial charge in [0, 0.05) is 24.1 Å². The summed E-state index contributed by atoms with van der Waals surface area (Å²) in [6.45, 7) is 5.25. The van der Waals surface area contributed by atoms with Crippen molar-refractivity contribution >= 4 is 5.91 Å². The predicted octanol–water partition coefficient (Wildman–Crippen LogP) is 1.67. The lowest BCUT2D eigenvalue weighted by molar-refractivity contribution is -0.0387. The molecular weight excluding hydrogens is 266 g/mol. The molecule has 1 aliphatic rings. The van der Waals surface area contributed by atoms with Crippen molar-refractivity contribution < 1.29 is 14.6 Å². The molecule has 1 amide bonds. The van der Waals surface area contributed by atoms with Crippen molar-refractivity contribution in [2.45, 2.75) is 32.4 Å². The number of carbonyl (C=O) groups is 1. The SMILES string of the molecule is CC1CN(C(=O)c2ccc(C#CCCO)cc2)C(C)CO1. The van der Waals surface area contributed by atoms with E-state index >= 15 is 0 Å². The van der Waals surface area contributed by atoms with E-state index < -0.39 is 0 Å². The zero-order chi connectivity index (χ0) is 15.2. The van der Waals surface area contributed by atoms with E-state index in [1.165, 1.54) is 0 Å². The van der Waals surface area contributed by atoms with E-state index in [-0.39, 0.29) is 24.7 Å². The number of benzene rings is 1. The molecule has 1 aromatic rings. The van der Waals surface area contributed by atoms with Gasteiger partial charge in [0.05, 0.1) is 25.4 Å². The van der Waals surface area contributed by atoms with Crippen molar-refractivity contribution in [1.29, 1.82) is 0 Å². The molecule has 1 fully saturated rings. The van der Waals surface area contributed by atoms with Crippen molar-refractivity contribution in [3.05, 3.63) is 35.4 Å². The van der Waals surface area contributed by atoms with Gasteiger partial charge in [-0.05, 0) is 38.1 Å². The average molecular weight is 287 g/mol. The normalized spacial score (nSPS) is 21.6. The van der Waals surface area contributed by atoms with Crippen LogP contribution >= 0.6 is 0 Å². The summed E-state index contributed by atoms with van der Waals surface area (Å²) in [5.74, 6) is 5.85. The van der Waals surface area contributed by atoms with E-state index in [2.05, 4.69) is 11.8 Å². The minimum Gasteiger partial charge on any atom is -0.395 e. The Bertz CT molecular complexity index is 541. The molecule has 1 aliphatic heterocycles. The molecule has 1 aromatic carbocycles. The Kier molecular flexibility index (Phi) is 5.38. The largest absolute Gasteiger partial charge is 0.395 e. The fourth-order valence-corrected chi connectivity index (χ4v) is 2.27. The second-order valence-electron chi connectivity index (χ2n) is 5.30. The molecule has 2 unspecified atom stereocenters. The van der Waals surface area contributed by atoms with E-state index in [1.807, 2.05) is 30.9 Å². The van der Waals surface area contributed by atoms with Crippen LogP contribution in [0.3, 0.4) is 0 Å². The highest BCUT2D eigenvalue weighted by molar-refractivity contribution is 5.94. The molecule has 112 valence electrons. The molecular formula is C17H21NO3. The summed E-state index contributed by atoms with van der Waals surface area (Å²) < 4.78 is 5.55. The molecule has 21 heavy (non-hydrogen) atoms. The van der Waals surface area contributed by atoms with Crippen LogP contribution in [0, 0.1) is 11.8 Å². The third-order valence-electron chi connectivity index (χ3n) is 3.47. The highest BCUT2D eigenvalue weighted by Gasteiger charge is 2.28. The Hall–Kier alpha value is -1.83. The lowest BCUT2D eigenvalue weighted by Gasteiger charge is -2.36. The van der Waals surface area contributed by atoms with Crippen LogP contribution in [0.1, 0.15) is 36.2 Å². The van der Waals surface area contributed by atoms with Gasteiger partial charge in [-0.25, -0.2) is 0 Å². The zero-order valence-electron chi connectivity index (χ0n) is 12.5. The number of nitrogens with zero attached hydrogens (tertiary/aromatic N) is 1. The van der Waals surface area contributed by atoms with Gasteiger partial charge < -0.3 is 14.7 Å². The van der Waals surface area contributed by atoms with E-state index in [9.17, 15) is 4.79 Å². The van der Waals surface area contributed by atoms with Gasteiger partial charge in [0.1, 0.15) is 0 Å². The van der Waals surface area contributed by atoms with Crippen LogP contribution in [0.4, 0.5) is 0 Å². The van der Waals surface area contributed by atoms with Crippen LogP contribution in [-0.2, 0) is 4.74 Å². The van der Waals surface area contributed by atoms with Crippen LogP contribution in [-0.4, -0.2) is 47.8 Å². The van der Waals surface area contributed by atoms with E-state index in [4.69, 9.17) is 9.84 Å². The number of hydrogen-bond acceptors (Lipinski definition) is 3. The molecule has 2 atom stereocenters. The molecule has 4 heteroatoms. The van der Waals surface area contributed by atoms with Crippen molar-refractivity contribution in [2.75, 3.05) is 19.8 Å². The summed E-state index contributed by atoms with van der Waals surface area (Å²) in [5.41, 5.74) is 1.52. The maximum absolute atomic E-state index is 12.5. The molecule has 1 heterocycles. The van der Waals surface area contributed by atoms with Crippen molar-refractivity contribution in [3.63, 3.8) is 0 Å². The van der Waals surface area contributed by atoms with Crippen molar-refractivity contribution in [1.82, 2.24) is 4.90 Å². The number of hydrogen-bond donors (Lipinski definition) is 1. The number of aliphatic hydroxyl groups is 1. The fraction of sp³-hybridized carbons (Fsp3) is 0.471. The van der Waals surface area contributed by atoms with Crippen LogP contribution in [0.5, 0.6) is 0 Å². The highest BCUT2D eigenvalue weighted by Crippen LogP contribution is 2.15. The Balaban J connectivity index is 2.07. The molecule has 2 rings (SSSR count). The molecule has 0 aromatic heterocycles. The summed E-state index contributed by atoms with van der Waals surface area (Å²) in [4.78, 5) is 14.4. The topological polar surface area (TPSA) is 49.8 Å². The maximum atomic E-state index is 12.5. The number of rotatable bonds is 2. The van der Waals surface area contributed by atoms with Crippen LogP contribution in [0.15, 0.2) is 24.3 Å². The van der Waals surface area contributed by atoms with Crippen LogP contribution < -0.4 is 0 Å². The fourth-order valence-electron chi connectivity index (χ4n) is 2.27. The Morgan fingerprint density at radius 1 is 1.38 bits per heavy atom. The average Bonchev–Trinajstić information content (AvgIpc) is 2.50. The Morgan fingerprint density at radius 2 is 2.10 bits per heavy atom. The Morgan fingerprint density at radius 3 is 2.76 bits per heavy atom. The second-order valence-corrected chi connectivity index (χ2v) is 5.30. The first-order valence-corrected chi connectivity index (χ1v) is 7.24. The van der Waals surface area contributed by atoms with Gasteiger partial charge in [-0.1, -0.05) is 11.8 Å². The van der Waals surface area contributed by atoms with Gasteiger partial charge in [0.25, 0.3) is 5.91 Å². The van der Waals surface area contributed by atoms with Crippen LogP contribution in [0.2, 0.25) is 0 Å². The number of amides is 1. The monoisotopic (exact) mass is 287 g/mol. The standard InChI is InChI=1S/C17H21NO3/c1-13-12-21-14(2)11-18(13)17(20)16-8-6-15(7-9-16)5-3-4-10-19/h6-9,13-14,19H,4,10-12H2,1-2H3. The number of morpholine rings is 1. The number of carbonyl (C=O) groups excluding carboxylic acids is 1. The van der Waals surface area contributed by atoms with Gasteiger partial charge in [0.2, 0.25) is 0 Å². The molecule has 0 radical (unpaired) electrons. The second kappa shape index (κ2) is 7.26. The third kappa shape index (κ3) is 4.07. The minimum absolute atomic E-state index is 0.0347. The molecule has 1 N–H and O–H groups in total. The molecule has 0 spiro atoms. The van der Waals surface area contributed by atoms with Gasteiger partial charge in [-0.2, -0.15) is 0 Å². The Labute approximate surface area is 125 Å². The van der Waals surface area contributed by atoms with Gasteiger partial charge in [0.15, 0.2) is 0 Å². The summed E-state index contributed by atoms with van der Waals surface area (Å²) >= 11 is 0. The molecule has 0 aliphatic carbocycles.